The molecule has 0 spiro atoms. The average Bonchev–Trinajstić information content (AvgIpc) is 2.86. The standard InChI is InChI=1S/C19H15FOS2/c1-2-22-19-17(14-8-10-15(20)11-9-14)18(21)16(23-19)12-13-6-4-3-5-7-13/h3-12H,2H2,1H3/b16-12-. The lowest BCUT2D eigenvalue weighted by Gasteiger charge is -2.03. The highest BCUT2D eigenvalue weighted by Crippen LogP contribution is 2.48. The van der Waals surface area contributed by atoms with E-state index in [1.807, 2.05) is 36.4 Å². The van der Waals surface area contributed by atoms with Crippen molar-refractivity contribution in [2.24, 2.45) is 0 Å². The van der Waals surface area contributed by atoms with Crippen LogP contribution in [0.25, 0.3) is 11.6 Å². The van der Waals surface area contributed by atoms with E-state index in [0.717, 1.165) is 21.1 Å². The van der Waals surface area contributed by atoms with E-state index < -0.39 is 0 Å². The van der Waals surface area contributed by atoms with Crippen LogP contribution in [0.5, 0.6) is 0 Å². The molecule has 4 heteroatoms. The highest BCUT2D eigenvalue weighted by molar-refractivity contribution is 8.25. The van der Waals surface area contributed by atoms with Crippen molar-refractivity contribution in [2.45, 2.75) is 6.92 Å². The van der Waals surface area contributed by atoms with Crippen LogP contribution >= 0.6 is 23.5 Å². The quantitative estimate of drug-likeness (QED) is 0.673. The Labute approximate surface area is 143 Å². The highest BCUT2D eigenvalue weighted by atomic mass is 32.2. The van der Waals surface area contributed by atoms with Gasteiger partial charge in [0.15, 0.2) is 0 Å². The SMILES string of the molecule is CCSC1=C(c2ccc(F)cc2)C(=O)/C(=C/c2ccccc2)S1. The number of Topliss-reactive ketones (excluding diaryl/α,β-unsaturated/α-hetero) is 1. The van der Waals surface area contributed by atoms with Gasteiger partial charge in [-0.3, -0.25) is 4.79 Å². The summed E-state index contributed by atoms with van der Waals surface area (Å²) in [6.45, 7) is 2.06. The summed E-state index contributed by atoms with van der Waals surface area (Å²) in [5.74, 6) is 0.609. The van der Waals surface area contributed by atoms with Crippen molar-refractivity contribution < 1.29 is 9.18 Å². The monoisotopic (exact) mass is 342 g/mol. The van der Waals surface area contributed by atoms with Gasteiger partial charge in [-0.05, 0) is 35.1 Å². The molecule has 0 unspecified atom stereocenters. The first-order valence-corrected chi connectivity index (χ1v) is 9.11. The maximum atomic E-state index is 13.2. The predicted molar refractivity (Wildman–Crippen MR) is 98.5 cm³/mol. The fourth-order valence-electron chi connectivity index (χ4n) is 2.31. The van der Waals surface area contributed by atoms with E-state index in [1.54, 1.807) is 23.9 Å². The van der Waals surface area contributed by atoms with E-state index in [1.165, 1.54) is 23.9 Å². The van der Waals surface area contributed by atoms with Crippen LogP contribution in [0.4, 0.5) is 4.39 Å². The second-order valence-corrected chi connectivity index (χ2v) is 7.54. The summed E-state index contributed by atoms with van der Waals surface area (Å²) in [6.07, 6.45) is 1.92. The number of benzene rings is 2. The fourth-order valence-corrected chi connectivity index (χ4v) is 4.68. The van der Waals surface area contributed by atoms with Gasteiger partial charge in [0.1, 0.15) is 5.82 Å². The third kappa shape index (κ3) is 3.59. The average molecular weight is 342 g/mol. The summed E-state index contributed by atoms with van der Waals surface area (Å²) in [4.78, 5) is 13.5. The van der Waals surface area contributed by atoms with E-state index in [2.05, 4.69) is 6.92 Å². The first-order chi connectivity index (χ1) is 11.2. The number of carbonyl (C=O) groups is 1. The number of hydrogen-bond acceptors (Lipinski definition) is 3. The van der Waals surface area contributed by atoms with Crippen molar-refractivity contribution in [2.75, 3.05) is 5.75 Å². The van der Waals surface area contributed by atoms with Crippen molar-refractivity contribution in [1.82, 2.24) is 0 Å². The molecule has 1 nitrogen and oxygen atoms in total. The lowest BCUT2D eigenvalue weighted by Crippen LogP contribution is -1.98. The Kier molecular flexibility index (Phi) is 5.03. The number of thioether (sulfide) groups is 2. The van der Waals surface area contributed by atoms with Crippen LogP contribution in [0.2, 0.25) is 0 Å². The van der Waals surface area contributed by atoms with E-state index in [-0.39, 0.29) is 11.6 Å². The zero-order valence-electron chi connectivity index (χ0n) is 12.6. The molecule has 0 saturated carbocycles. The van der Waals surface area contributed by atoms with Crippen LogP contribution in [-0.2, 0) is 4.79 Å². The van der Waals surface area contributed by atoms with Gasteiger partial charge < -0.3 is 0 Å². The maximum absolute atomic E-state index is 13.2. The Balaban J connectivity index is 1.98. The van der Waals surface area contributed by atoms with Crippen molar-refractivity contribution in [3.63, 3.8) is 0 Å². The topological polar surface area (TPSA) is 17.1 Å². The Morgan fingerprint density at radius 1 is 1.09 bits per heavy atom. The van der Waals surface area contributed by atoms with Gasteiger partial charge >= 0.3 is 0 Å². The Hall–Kier alpha value is -1.78. The molecule has 0 atom stereocenters. The van der Waals surface area contributed by atoms with Crippen LogP contribution in [0.3, 0.4) is 0 Å². The van der Waals surface area contributed by atoms with Gasteiger partial charge in [-0.2, -0.15) is 0 Å². The van der Waals surface area contributed by atoms with Crippen molar-refractivity contribution in [3.05, 3.63) is 80.7 Å². The normalized spacial score (nSPS) is 16.4. The van der Waals surface area contributed by atoms with Crippen LogP contribution in [0.15, 0.2) is 63.7 Å². The summed E-state index contributed by atoms with van der Waals surface area (Å²) < 4.78 is 14.1. The van der Waals surface area contributed by atoms with Crippen molar-refractivity contribution >= 4 is 41.0 Å². The molecule has 0 saturated heterocycles. The van der Waals surface area contributed by atoms with Crippen LogP contribution < -0.4 is 0 Å². The molecular weight excluding hydrogens is 327 g/mol. The molecule has 2 aromatic rings. The number of hydrogen-bond donors (Lipinski definition) is 0. The Bertz CT molecular complexity index is 777. The van der Waals surface area contributed by atoms with Crippen LogP contribution in [-0.4, -0.2) is 11.5 Å². The smallest absolute Gasteiger partial charge is 0.202 e. The molecule has 0 aliphatic carbocycles. The van der Waals surface area contributed by atoms with Gasteiger partial charge in [0.05, 0.1) is 14.7 Å². The van der Waals surface area contributed by atoms with Gasteiger partial charge in [-0.25, -0.2) is 4.39 Å². The number of carbonyl (C=O) groups excluding carboxylic acids is 1. The molecule has 23 heavy (non-hydrogen) atoms. The summed E-state index contributed by atoms with van der Waals surface area (Å²) >= 11 is 3.16. The molecule has 1 aliphatic heterocycles. The number of allylic oxidation sites excluding steroid dienone is 2. The lowest BCUT2D eigenvalue weighted by atomic mass is 10.0. The molecule has 3 rings (SSSR count). The molecule has 0 bridgehead atoms. The first kappa shape index (κ1) is 16.1. The second-order valence-electron chi connectivity index (χ2n) is 4.95. The van der Waals surface area contributed by atoms with Crippen LogP contribution in [0, 0.1) is 5.82 Å². The summed E-state index contributed by atoms with van der Waals surface area (Å²) in [5, 5.41) is 0. The molecular formula is C19H15FOS2. The summed E-state index contributed by atoms with van der Waals surface area (Å²) in [7, 11) is 0. The second kappa shape index (κ2) is 7.20. The highest BCUT2D eigenvalue weighted by Gasteiger charge is 2.30. The fraction of sp³-hybridized carbons (Fsp3) is 0.105. The third-order valence-electron chi connectivity index (χ3n) is 3.36. The van der Waals surface area contributed by atoms with E-state index >= 15 is 0 Å². The summed E-state index contributed by atoms with van der Waals surface area (Å²) in [5.41, 5.74) is 2.46. The van der Waals surface area contributed by atoms with Gasteiger partial charge in [0.2, 0.25) is 5.78 Å². The molecule has 0 radical (unpaired) electrons. The largest absolute Gasteiger partial charge is 0.288 e. The minimum Gasteiger partial charge on any atom is -0.288 e. The molecule has 1 aliphatic rings. The van der Waals surface area contributed by atoms with E-state index in [4.69, 9.17) is 0 Å². The van der Waals surface area contributed by atoms with E-state index in [9.17, 15) is 9.18 Å². The van der Waals surface area contributed by atoms with Gasteiger partial charge in [-0.1, -0.05) is 61.2 Å². The number of rotatable bonds is 4. The lowest BCUT2D eigenvalue weighted by molar-refractivity contribution is -0.109. The van der Waals surface area contributed by atoms with Gasteiger partial charge in [0, 0.05) is 0 Å². The molecule has 0 N–H and O–H groups in total. The van der Waals surface area contributed by atoms with Gasteiger partial charge in [-0.15, -0.1) is 11.8 Å². The minimum atomic E-state index is -0.294. The Morgan fingerprint density at radius 2 is 1.78 bits per heavy atom. The van der Waals surface area contributed by atoms with Gasteiger partial charge in [0.25, 0.3) is 0 Å². The molecule has 2 aromatic carbocycles. The molecule has 0 fully saturated rings. The minimum absolute atomic E-state index is 0.0152. The first-order valence-electron chi connectivity index (χ1n) is 7.31. The zero-order valence-corrected chi connectivity index (χ0v) is 14.2. The summed E-state index contributed by atoms with van der Waals surface area (Å²) in [6, 6.07) is 15.9. The third-order valence-corrected chi connectivity index (χ3v) is 5.63. The van der Waals surface area contributed by atoms with Crippen LogP contribution in [0.1, 0.15) is 18.1 Å². The Morgan fingerprint density at radius 3 is 2.43 bits per heavy atom. The molecule has 116 valence electrons. The zero-order chi connectivity index (χ0) is 16.2. The van der Waals surface area contributed by atoms with E-state index in [0.29, 0.717) is 10.5 Å². The van der Waals surface area contributed by atoms with Crippen molar-refractivity contribution in [1.29, 1.82) is 0 Å². The molecule has 0 amide bonds. The number of halogens is 1. The number of ketones is 1. The van der Waals surface area contributed by atoms with Crippen molar-refractivity contribution in [3.8, 4) is 0 Å². The maximum Gasteiger partial charge on any atom is 0.202 e. The predicted octanol–water partition coefficient (Wildman–Crippen LogP) is 5.60. The molecule has 0 aromatic heterocycles. The molecule has 1 heterocycles.